The van der Waals surface area contributed by atoms with Crippen LogP contribution in [-0.4, -0.2) is 34.0 Å². The molecule has 6 nitrogen and oxygen atoms in total. The van der Waals surface area contributed by atoms with E-state index in [4.69, 9.17) is 5.73 Å². The molecule has 7 heteroatoms. The number of rotatable bonds is 3. The predicted octanol–water partition coefficient (Wildman–Crippen LogP) is 1.00. The molecule has 0 spiro atoms. The number of nitrogens with two attached hydrogens (primary N) is 1. The lowest BCUT2D eigenvalue weighted by Gasteiger charge is -2.29. The van der Waals surface area contributed by atoms with Gasteiger partial charge in [-0.1, -0.05) is 12.5 Å². The van der Waals surface area contributed by atoms with Crippen LogP contribution >= 0.6 is 0 Å². The molecule has 1 fully saturated rings. The topological polar surface area (TPSA) is 92.5 Å². The first-order chi connectivity index (χ1) is 10.9. The van der Waals surface area contributed by atoms with E-state index in [9.17, 15) is 13.2 Å². The highest BCUT2D eigenvalue weighted by Crippen LogP contribution is 2.34. The molecule has 1 aliphatic carbocycles. The summed E-state index contributed by atoms with van der Waals surface area (Å²) in [7, 11) is -2.13. The van der Waals surface area contributed by atoms with Gasteiger partial charge in [-0.3, -0.25) is 4.79 Å². The first kappa shape index (κ1) is 16.4. The van der Waals surface area contributed by atoms with Gasteiger partial charge >= 0.3 is 0 Å². The second-order valence-electron chi connectivity index (χ2n) is 6.36. The fraction of sp³-hybridized carbons (Fsp3) is 0.562. The van der Waals surface area contributed by atoms with E-state index >= 15 is 0 Å². The molecule has 0 bridgehead atoms. The summed E-state index contributed by atoms with van der Waals surface area (Å²) in [5.41, 5.74) is 7.75. The first-order valence-corrected chi connectivity index (χ1v) is 9.54. The van der Waals surface area contributed by atoms with Crippen LogP contribution in [0.1, 0.15) is 31.2 Å². The van der Waals surface area contributed by atoms with Crippen LogP contribution < -0.4 is 15.4 Å². The van der Waals surface area contributed by atoms with Crippen LogP contribution in [0.3, 0.4) is 0 Å². The van der Waals surface area contributed by atoms with Crippen molar-refractivity contribution in [2.45, 2.75) is 43.0 Å². The van der Waals surface area contributed by atoms with Crippen molar-refractivity contribution in [2.24, 2.45) is 11.7 Å². The molecular formula is C16H23N3O3S. The molecule has 0 radical (unpaired) electrons. The standard InChI is InChI=1S/C16H23N3O3S/c1-18-23(21,22)14-6-5-11-7-8-19(15(11)10-14)16(20)12-3-2-4-13(17)9-12/h5-6,10,12-13,18H,2-4,7-9,17H2,1H3/t12-,13-/m0/s1. The number of benzene rings is 1. The number of anilines is 1. The van der Waals surface area contributed by atoms with Gasteiger partial charge in [0.2, 0.25) is 15.9 Å². The van der Waals surface area contributed by atoms with E-state index in [0.717, 1.165) is 43.4 Å². The van der Waals surface area contributed by atoms with E-state index in [2.05, 4.69) is 4.72 Å². The summed E-state index contributed by atoms with van der Waals surface area (Å²) >= 11 is 0. The largest absolute Gasteiger partial charge is 0.328 e. The molecule has 23 heavy (non-hydrogen) atoms. The van der Waals surface area contributed by atoms with E-state index in [0.29, 0.717) is 6.54 Å². The van der Waals surface area contributed by atoms with Gasteiger partial charge in [-0.25, -0.2) is 13.1 Å². The van der Waals surface area contributed by atoms with Gasteiger partial charge in [-0.2, -0.15) is 0 Å². The molecule has 1 amide bonds. The van der Waals surface area contributed by atoms with Gasteiger partial charge < -0.3 is 10.6 Å². The maximum atomic E-state index is 12.8. The normalized spacial score (nSPS) is 24.5. The highest BCUT2D eigenvalue weighted by Gasteiger charge is 2.33. The second kappa shape index (κ2) is 6.22. The monoisotopic (exact) mass is 337 g/mol. The average Bonchev–Trinajstić information content (AvgIpc) is 2.97. The SMILES string of the molecule is CNS(=O)(=O)c1ccc2c(c1)N(C(=O)[C@H]1CCC[C@H](N)C1)CC2. The van der Waals surface area contributed by atoms with Crippen LogP contribution in [0.25, 0.3) is 0 Å². The Hall–Kier alpha value is -1.44. The molecule has 0 aromatic heterocycles. The minimum Gasteiger partial charge on any atom is -0.328 e. The minimum absolute atomic E-state index is 0.0470. The molecule has 3 N–H and O–H groups in total. The third-order valence-corrected chi connectivity index (χ3v) is 6.27. The Balaban J connectivity index is 1.88. The number of nitrogens with zero attached hydrogens (tertiary/aromatic N) is 1. The van der Waals surface area contributed by atoms with Crippen molar-refractivity contribution in [3.8, 4) is 0 Å². The van der Waals surface area contributed by atoms with Crippen LogP contribution in [0.2, 0.25) is 0 Å². The van der Waals surface area contributed by atoms with E-state index in [1.165, 1.54) is 7.05 Å². The summed E-state index contributed by atoms with van der Waals surface area (Å²) in [4.78, 5) is 14.8. The van der Waals surface area contributed by atoms with Crippen LogP contribution in [-0.2, 0) is 21.2 Å². The molecule has 2 aliphatic rings. The number of sulfonamides is 1. The summed E-state index contributed by atoms with van der Waals surface area (Å²) in [6.45, 7) is 0.614. The molecule has 1 aliphatic heterocycles. The van der Waals surface area contributed by atoms with Gasteiger partial charge in [0.05, 0.1) is 4.90 Å². The van der Waals surface area contributed by atoms with Crippen molar-refractivity contribution in [2.75, 3.05) is 18.5 Å². The van der Waals surface area contributed by atoms with Crippen LogP contribution in [0.15, 0.2) is 23.1 Å². The fourth-order valence-electron chi connectivity index (χ4n) is 3.55. The van der Waals surface area contributed by atoms with Crippen LogP contribution in [0.5, 0.6) is 0 Å². The molecule has 0 saturated heterocycles. The van der Waals surface area contributed by atoms with E-state index in [-0.39, 0.29) is 22.8 Å². The van der Waals surface area contributed by atoms with Gasteiger partial charge in [0.15, 0.2) is 0 Å². The Bertz CT molecular complexity index is 717. The van der Waals surface area contributed by atoms with Gasteiger partial charge in [-0.15, -0.1) is 0 Å². The van der Waals surface area contributed by atoms with Crippen molar-refractivity contribution < 1.29 is 13.2 Å². The Morgan fingerprint density at radius 2 is 2.13 bits per heavy atom. The maximum absolute atomic E-state index is 12.8. The van der Waals surface area contributed by atoms with Crippen molar-refractivity contribution in [1.29, 1.82) is 0 Å². The Kier molecular flexibility index (Phi) is 4.44. The van der Waals surface area contributed by atoms with E-state index in [1.54, 1.807) is 23.1 Å². The summed E-state index contributed by atoms with van der Waals surface area (Å²) in [6, 6.07) is 5.10. The highest BCUT2D eigenvalue weighted by molar-refractivity contribution is 7.89. The van der Waals surface area contributed by atoms with Gasteiger partial charge in [0.25, 0.3) is 0 Å². The van der Waals surface area contributed by atoms with Crippen molar-refractivity contribution >= 4 is 21.6 Å². The van der Waals surface area contributed by atoms with Crippen molar-refractivity contribution in [3.63, 3.8) is 0 Å². The molecule has 0 unspecified atom stereocenters. The van der Waals surface area contributed by atoms with Gasteiger partial charge in [0, 0.05) is 24.2 Å². The third kappa shape index (κ3) is 3.13. The predicted molar refractivity (Wildman–Crippen MR) is 88.7 cm³/mol. The summed E-state index contributed by atoms with van der Waals surface area (Å²) in [6.07, 6.45) is 4.31. The lowest BCUT2D eigenvalue weighted by atomic mass is 9.85. The average molecular weight is 337 g/mol. The number of hydrogen-bond acceptors (Lipinski definition) is 4. The second-order valence-corrected chi connectivity index (χ2v) is 8.25. The molecule has 2 atom stereocenters. The quantitative estimate of drug-likeness (QED) is 0.861. The lowest BCUT2D eigenvalue weighted by molar-refractivity contribution is -0.123. The third-order valence-electron chi connectivity index (χ3n) is 4.86. The summed E-state index contributed by atoms with van der Waals surface area (Å²) in [5, 5.41) is 0. The number of carbonyl (C=O) groups is 1. The molecular weight excluding hydrogens is 314 g/mol. The zero-order valence-corrected chi connectivity index (χ0v) is 14.1. The molecule has 1 aromatic carbocycles. The van der Waals surface area contributed by atoms with E-state index in [1.807, 2.05) is 0 Å². The number of fused-ring (bicyclic) bond motifs is 1. The Labute approximate surface area is 137 Å². The first-order valence-electron chi connectivity index (χ1n) is 8.06. The fourth-order valence-corrected chi connectivity index (χ4v) is 4.29. The van der Waals surface area contributed by atoms with Gasteiger partial charge in [0.1, 0.15) is 0 Å². The Morgan fingerprint density at radius 1 is 1.35 bits per heavy atom. The zero-order valence-electron chi connectivity index (χ0n) is 13.3. The van der Waals surface area contributed by atoms with Gasteiger partial charge in [-0.05, 0) is 50.4 Å². The summed E-state index contributed by atoms with van der Waals surface area (Å²) < 4.78 is 26.3. The molecule has 1 heterocycles. The Morgan fingerprint density at radius 3 is 2.83 bits per heavy atom. The van der Waals surface area contributed by atoms with E-state index < -0.39 is 10.0 Å². The molecule has 1 aromatic rings. The zero-order chi connectivity index (χ0) is 16.6. The minimum atomic E-state index is -3.51. The number of carbonyl (C=O) groups excluding carboxylic acids is 1. The smallest absolute Gasteiger partial charge is 0.240 e. The molecule has 1 saturated carbocycles. The number of amides is 1. The maximum Gasteiger partial charge on any atom is 0.240 e. The summed E-state index contributed by atoms with van der Waals surface area (Å²) in [5.74, 6) is 0.0344. The highest BCUT2D eigenvalue weighted by atomic mass is 32.2. The van der Waals surface area contributed by atoms with Crippen molar-refractivity contribution in [1.82, 2.24) is 4.72 Å². The molecule has 3 rings (SSSR count). The van der Waals surface area contributed by atoms with Crippen LogP contribution in [0.4, 0.5) is 5.69 Å². The van der Waals surface area contributed by atoms with Crippen molar-refractivity contribution in [3.05, 3.63) is 23.8 Å². The number of nitrogens with one attached hydrogen (secondary N) is 1. The number of hydrogen-bond donors (Lipinski definition) is 2. The lowest BCUT2D eigenvalue weighted by Crippen LogP contribution is -2.40. The molecule has 126 valence electrons. The van der Waals surface area contributed by atoms with Crippen LogP contribution in [0, 0.1) is 5.92 Å².